The fourth-order valence-electron chi connectivity index (χ4n) is 6.46. The lowest BCUT2D eigenvalue weighted by Crippen LogP contribution is -2.50. The molecule has 0 radical (unpaired) electrons. The van der Waals surface area contributed by atoms with Gasteiger partial charge in [-0.15, -0.1) is 0 Å². The third kappa shape index (κ3) is 7.13. The molecule has 49 heavy (non-hydrogen) atoms. The molecule has 0 aliphatic carbocycles. The maximum Gasteiger partial charge on any atom is 0.269 e. The minimum atomic E-state index is -4.63. The number of aromatic nitrogens is 1. The van der Waals surface area contributed by atoms with E-state index in [9.17, 15) is 26.4 Å². The largest absolute Gasteiger partial charge is 0.336 e. The van der Waals surface area contributed by atoms with E-state index in [0.717, 1.165) is 10.4 Å². The van der Waals surface area contributed by atoms with Crippen molar-refractivity contribution >= 4 is 54.8 Å². The SMILES string of the molecule is CS(=O)(=O)CCCN1CCN(C(=O)c2ccc3n(c2=O)[C@H](c2ccc(Cl)cc2)[C@H](c2ccc(Cl)cc2)N3S(=O)(=O)c2ccccc2F)CC1. The van der Waals surface area contributed by atoms with Crippen LogP contribution in [0.25, 0.3) is 0 Å². The molecule has 3 aromatic carbocycles. The van der Waals surface area contributed by atoms with Gasteiger partial charge < -0.3 is 4.90 Å². The Labute approximate surface area is 294 Å². The van der Waals surface area contributed by atoms with Crippen LogP contribution < -0.4 is 9.86 Å². The number of amides is 1. The monoisotopic (exact) mass is 746 g/mol. The van der Waals surface area contributed by atoms with Crippen molar-refractivity contribution < 1.29 is 26.0 Å². The van der Waals surface area contributed by atoms with Gasteiger partial charge in [-0.05, 0) is 72.6 Å². The van der Waals surface area contributed by atoms with Gasteiger partial charge in [0.05, 0.1) is 17.8 Å². The summed E-state index contributed by atoms with van der Waals surface area (Å²) < 4.78 is 69.4. The van der Waals surface area contributed by atoms with Gasteiger partial charge in [-0.1, -0.05) is 59.6 Å². The predicted octanol–water partition coefficient (Wildman–Crippen LogP) is 5.03. The second-order valence-electron chi connectivity index (χ2n) is 12.1. The number of sulfonamides is 1. The van der Waals surface area contributed by atoms with Crippen LogP contribution in [0.2, 0.25) is 10.0 Å². The number of rotatable bonds is 9. The number of piperazine rings is 1. The van der Waals surface area contributed by atoms with Crippen molar-refractivity contribution in [1.29, 1.82) is 0 Å². The van der Waals surface area contributed by atoms with E-state index in [2.05, 4.69) is 4.90 Å². The zero-order valence-electron chi connectivity index (χ0n) is 26.4. The van der Waals surface area contributed by atoms with Gasteiger partial charge in [0, 0.05) is 42.5 Å². The highest BCUT2D eigenvalue weighted by Crippen LogP contribution is 2.49. The van der Waals surface area contributed by atoms with Crippen LogP contribution >= 0.6 is 23.2 Å². The standard InChI is InChI=1S/C34H33Cl2FN4O6S2/c1-48(44,45)22-4-17-38-18-20-39(21-19-38)33(42)27-15-16-30-40(34(27)43)31(23-7-11-25(35)12-8-23)32(24-9-13-26(36)14-10-24)41(30)49(46,47)29-6-3-2-5-28(29)37/h2-3,5-16,31-32H,4,17-22H2,1H3/t31-,32+/m1/s1. The molecule has 0 spiro atoms. The number of halogens is 3. The van der Waals surface area contributed by atoms with Crippen LogP contribution in [0.15, 0.2) is 94.6 Å². The third-order valence-electron chi connectivity index (χ3n) is 8.83. The van der Waals surface area contributed by atoms with Gasteiger partial charge in [0.1, 0.15) is 31.9 Å². The first-order valence-electron chi connectivity index (χ1n) is 15.5. The molecule has 2 atom stereocenters. The topological polar surface area (TPSA) is 117 Å². The second kappa shape index (κ2) is 13.9. The van der Waals surface area contributed by atoms with Crippen molar-refractivity contribution in [1.82, 2.24) is 14.4 Å². The van der Waals surface area contributed by atoms with E-state index in [1.807, 2.05) is 0 Å². The molecule has 10 nitrogen and oxygen atoms in total. The van der Waals surface area contributed by atoms with Crippen molar-refractivity contribution in [3.8, 4) is 0 Å². The molecular formula is C34H33Cl2FN4O6S2. The minimum absolute atomic E-state index is 0.0413. The summed E-state index contributed by atoms with van der Waals surface area (Å²) in [5.74, 6) is -1.43. The van der Waals surface area contributed by atoms with Gasteiger partial charge in [-0.25, -0.2) is 25.5 Å². The number of nitrogens with zero attached hydrogens (tertiary/aromatic N) is 4. The molecule has 0 bridgehead atoms. The molecule has 2 aliphatic rings. The Balaban J connectivity index is 1.44. The third-order valence-corrected chi connectivity index (χ3v) is 12.2. The Morgan fingerprint density at radius 3 is 1.94 bits per heavy atom. The van der Waals surface area contributed by atoms with E-state index in [0.29, 0.717) is 60.3 Å². The molecular weight excluding hydrogens is 714 g/mol. The molecule has 1 aromatic heterocycles. The number of hydrogen-bond acceptors (Lipinski definition) is 7. The van der Waals surface area contributed by atoms with Gasteiger partial charge in [0.15, 0.2) is 0 Å². The van der Waals surface area contributed by atoms with E-state index in [4.69, 9.17) is 23.2 Å². The first kappa shape index (κ1) is 35.1. The molecule has 4 aromatic rings. The number of pyridine rings is 1. The zero-order chi connectivity index (χ0) is 35.1. The lowest BCUT2D eigenvalue weighted by Gasteiger charge is -2.34. The van der Waals surface area contributed by atoms with Crippen molar-refractivity contribution in [3.05, 3.63) is 128 Å². The van der Waals surface area contributed by atoms with E-state index < -0.39 is 54.1 Å². The number of hydrogen-bond donors (Lipinski definition) is 0. The number of benzene rings is 3. The fourth-order valence-corrected chi connectivity index (χ4v) is 9.08. The van der Waals surface area contributed by atoms with E-state index in [1.165, 1.54) is 41.2 Å². The summed E-state index contributed by atoms with van der Waals surface area (Å²) in [4.78, 5) is 31.5. The van der Waals surface area contributed by atoms with Gasteiger partial charge in [-0.3, -0.25) is 19.1 Å². The number of carbonyl (C=O) groups excluding carboxylic acids is 1. The van der Waals surface area contributed by atoms with Crippen molar-refractivity contribution in [2.75, 3.05) is 49.0 Å². The van der Waals surface area contributed by atoms with Crippen LogP contribution in [0.3, 0.4) is 0 Å². The highest BCUT2D eigenvalue weighted by molar-refractivity contribution is 7.93. The second-order valence-corrected chi connectivity index (χ2v) is 17.0. The van der Waals surface area contributed by atoms with Gasteiger partial charge in [-0.2, -0.15) is 0 Å². The van der Waals surface area contributed by atoms with Gasteiger partial charge in [0.25, 0.3) is 21.5 Å². The van der Waals surface area contributed by atoms with Crippen LogP contribution in [0.1, 0.15) is 40.0 Å². The highest BCUT2D eigenvalue weighted by Gasteiger charge is 2.48. The normalized spacial score (nSPS) is 18.4. The molecule has 0 unspecified atom stereocenters. The molecule has 0 N–H and O–H groups in total. The Kier molecular flexibility index (Phi) is 9.93. The van der Waals surface area contributed by atoms with Gasteiger partial charge >= 0.3 is 0 Å². The molecule has 0 saturated carbocycles. The van der Waals surface area contributed by atoms with Gasteiger partial charge in [0.2, 0.25) is 0 Å². The Hall–Kier alpha value is -3.75. The fraction of sp³-hybridized carbons (Fsp3) is 0.294. The summed E-state index contributed by atoms with van der Waals surface area (Å²) in [5.41, 5.74) is 0.162. The first-order chi connectivity index (χ1) is 23.3. The van der Waals surface area contributed by atoms with Crippen LogP contribution in [-0.4, -0.2) is 81.8 Å². The maximum atomic E-state index is 15.2. The number of sulfone groups is 1. The molecule has 1 amide bonds. The lowest BCUT2D eigenvalue weighted by atomic mass is 9.94. The summed E-state index contributed by atoms with van der Waals surface area (Å²) in [6.07, 6.45) is 1.68. The molecule has 2 aliphatic heterocycles. The van der Waals surface area contributed by atoms with E-state index in [-0.39, 0.29) is 17.1 Å². The minimum Gasteiger partial charge on any atom is -0.336 e. The quantitative estimate of drug-likeness (QED) is 0.236. The summed E-state index contributed by atoms with van der Waals surface area (Å²) in [6, 6.07) is 18.8. The average Bonchev–Trinajstić information content (AvgIpc) is 3.42. The first-order valence-corrected chi connectivity index (χ1v) is 19.8. The Bertz CT molecular complexity index is 2160. The van der Waals surface area contributed by atoms with Crippen LogP contribution in [0.5, 0.6) is 0 Å². The summed E-state index contributed by atoms with van der Waals surface area (Å²) >= 11 is 12.4. The highest BCUT2D eigenvalue weighted by atomic mass is 35.5. The Morgan fingerprint density at radius 2 is 1.37 bits per heavy atom. The van der Waals surface area contributed by atoms with Crippen LogP contribution in [0, 0.1) is 5.82 Å². The number of carbonyl (C=O) groups is 1. The van der Waals surface area contributed by atoms with Crippen molar-refractivity contribution in [2.24, 2.45) is 0 Å². The molecule has 258 valence electrons. The average molecular weight is 748 g/mol. The van der Waals surface area contributed by atoms with E-state index in [1.54, 1.807) is 53.4 Å². The maximum absolute atomic E-state index is 15.2. The molecule has 1 saturated heterocycles. The van der Waals surface area contributed by atoms with E-state index >= 15 is 4.39 Å². The number of anilines is 1. The zero-order valence-corrected chi connectivity index (χ0v) is 29.5. The summed E-state index contributed by atoms with van der Waals surface area (Å²) in [6.45, 7) is 2.21. The smallest absolute Gasteiger partial charge is 0.269 e. The molecule has 15 heteroatoms. The molecule has 6 rings (SSSR count). The Morgan fingerprint density at radius 1 is 0.796 bits per heavy atom. The van der Waals surface area contributed by atoms with Crippen molar-refractivity contribution in [2.45, 2.75) is 23.4 Å². The van der Waals surface area contributed by atoms with Crippen LogP contribution in [-0.2, 0) is 19.9 Å². The van der Waals surface area contributed by atoms with Crippen LogP contribution in [0.4, 0.5) is 10.2 Å². The van der Waals surface area contributed by atoms with Crippen molar-refractivity contribution in [3.63, 3.8) is 0 Å². The molecule has 3 heterocycles. The summed E-state index contributed by atoms with van der Waals surface area (Å²) in [5, 5.41) is 0.832. The molecule has 1 fully saturated rings. The summed E-state index contributed by atoms with van der Waals surface area (Å²) in [7, 11) is -7.71. The lowest BCUT2D eigenvalue weighted by molar-refractivity contribution is 0.0635. The number of fused-ring (bicyclic) bond motifs is 1. The predicted molar refractivity (Wildman–Crippen MR) is 187 cm³/mol.